The van der Waals surface area contributed by atoms with Gasteiger partial charge in [-0.3, -0.25) is 0 Å². The van der Waals surface area contributed by atoms with Crippen LogP contribution in [-0.4, -0.2) is 7.05 Å². The topological polar surface area (TPSA) is 12.0 Å². The van der Waals surface area contributed by atoms with Gasteiger partial charge in [0.25, 0.3) is 0 Å². The first-order chi connectivity index (χ1) is 8.19. The second kappa shape index (κ2) is 4.67. The zero-order valence-corrected chi connectivity index (χ0v) is 12.9. The Balaban J connectivity index is 1.86. The van der Waals surface area contributed by atoms with Gasteiger partial charge in [-0.2, -0.15) is 0 Å². The summed E-state index contributed by atoms with van der Waals surface area (Å²) in [6, 6.07) is 2.90. The molecule has 4 unspecified atom stereocenters. The van der Waals surface area contributed by atoms with Crippen molar-refractivity contribution in [2.75, 3.05) is 7.05 Å². The average molecular weight is 314 g/mol. The second-order valence-corrected chi connectivity index (χ2v) is 8.30. The van der Waals surface area contributed by atoms with E-state index in [4.69, 9.17) is 0 Å². The van der Waals surface area contributed by atoms with E-state index in [2.05, 4.69) is 41.3 Å². The highest BCUT2D eigenvalue weighted by Gasteiger charge is 2.43. The van der Waals surface area contributed by atoms with Gasteiger partial charge in [-0.25, -0.2) is 0 Å². The third kappa shape index (κ3) is 2.11. The highest BCUT2D eigenvalue weighted by molar-refractivity contribution is 9.11. The van der Waals surface area contributed by atoms with E-state index >= 15 is 0 Å². The van der Waals surface area contributed by atoms with Crippen molar-refractivity contribution in [2.24, 2.45) is 17.8 Å². The van der Waals surface area contributed by atoms with Gasteiger partial charge in [0, 0.05) is 10.9 Å². The fourth-order valence-electron chi connectivity index (χ4n) is 4.07. The van der Waals surface area contributed by atoms with Crippen molar-refractivity contribution in [3.8, 4) is 0 Å². The Morgan fingerprint density at radius 3 is 2.71 bits per heavy atom. The summed E-state index contributed by atoms with van der Waals surface area (Å²) in [5, 5.41) is 3.59. The summed E-state index contributed by atoms with van der Waals surface area (Å²) in [6.45, 7) is 2.25. The van der Waals surface area contributed by atoms with Crippen molar-refractivity contribution in [2.45, 2.75) is 38.6 Å². The number of rotatable bonds is 3. The summed E-state index contributed by atoms with van der Waals surface area (Å²) in [7, 11) is 2.13. The standard InChI is InChI=1S/C14H20BrNS/c1-8-11(7-13(15)17-8)14(16-2)12-6-9-3-4-10(12)5-9/h7,9-10,12,14,16H,3-6H2,1-2H3. The van der Waals surface area contributed by atoms with Crippen LogP contribution in [0.15, 0.2) is 9.85 Å². The number of thiophene rings is 1. The lowest BCUT2D eigenvalue weighted by Gasteiger charge is -2.30. The summed E-state index contributed by atoms with van der Waals surface area (Å²) in [5.41, 5.74) is 1.53. The molecule has 2 saturated carbocycles. The first-order valence-corrected chi connectivity index (χ1v) is 8.23. The molecule has 0 aromatic carbocycles. The summed E-state index contributed by atoms with van der Waals surface area (Å²) in [6.07, 6.45) is 5.90. The van der Waals surface area contributed by atoms with E-state index in [1.54, 1.807) is 0 Å². The van der Waals surface area contributed by atoms with Gasteiger partial charge in [-0.05, 0) is 78.5 Å². The van der Waals surface area contributed by atoms with E-state index < -0.39 is 0 Å². The number of fused-ring (bicyclic) bond motifs is 2. The van der Waals surface area contributed by atoms with Crippen LogP contribution in [0.5, 0.6) is 0 Å². The van der Waals surface area contributed by atoms with Crippen molar-refractivity contribution < 1.29 is 0 Å². The Morgan fingerprint density at radius 2 is 2.24 bits per heavy atom. The molecule has 1 heterocycles. The van der Waals surface area contributed by atoms with Crippen LogP contribution in [0.4, 0.5) is 0 Å². The molecular weight excluding hydrogens is 294 g/mol. The van der Waals surface area contributed by atoms with Gasteiger partial charge in [0.15, 0.2) is 0 Å². The summed E-state index contributed by atoms with van der Waals surface area (Å²) in [4.78, 5) is 1.47. The lowest BCUT2D eigenvalue weighted by atomic mass is 9.80. The normalized spacial score (nSPS) is 33.2. The average Bonchev–Trinajstić information content (AvgIpc) is 2.96. The van der Waals surface area contributed by atoms with E-state index in [0.717, 1.165) is 17.8 Å². The van der Waals surface area contributed by atoms with Crippen LogP contribution in [0.1, 0.15) is 42.2 Å². The summed E-state index contributed by atoms with van der Waals surface area (Å²) < 4.78 is 1.27. The second-order valence-electron chi connectivity index (χ2n) is 5.67. The first-order valence-electron chi connectivity index (χ1n) is 6.62. The Morgan fingerprint density at radius 1 is 1.41 bits per heavy atom. The Hall–Kier alpha value is 0.140. The van der Waals surface area contributed by atoms with E-state index in [1.165, 1.54) is 39.9 Å². The Kier molecular flexibility index (Phi) is 3.35. The minimum atomic E-state index is 0.577. The van der Waals surface area contributed by atoms with Gasteiger partial charge in [-0.1, -0.05) is 6.42 Å². The van der Waals surface area contributed by atoms with Gasteiger partial charge in [0.05, 0.1) is 3.79 Å². The Bertz CT molecular complexity index is 414. The minimum absolute atomic E-state index is 0.577. The van der Waals surface area contributed by atoms with Gasteiger partial charge in [0.1, 0.15) is 0 Å². The van der Waals surface area contributed by atoms with Gasteiger partial charge >= 0.3 is 0 Å². The first kappa shape index (κ1) is 12.2. The van der Waals surface area contributed by atoms with E-state index in [1.807, 2.05) is 11.3 Å². The maximum absolute atomic E-state index is 3.62. The van der Waals surface area contributed by atoms with Gasteiger partial charge in [0.2, 0.25) is 0 Å². The van der Waals surface area contributed by atoms with E-state index in [9.17, 15) is 0 Å². The maximum atomic E-state index is 3.62. The maximum Gasteiger partial charge on any atom is 0.0704 e. The molecule has 3 heteroatoms. The van der Waals surface area contributed by atoms with Crippen LogP contribution in [0.25, 0.3) is 0 Å². The highest BCUT2D eigenvalue weighted by atomic mass is 79.9. The highest BCUT2D eigenvalue weighted by Crippen LogP contribution is 2.53. The lowest BCUT2D eigenvalue weighted by Crippen LogP contribution is -2.29. The molecule has 2 bridgehead atoms. The van der Waals surface area contributed by atoms with Crippen LogP contribution >= 0.6 is 27.3 Å². The zero-order chi connectivity index (χ0) is 12.0. The van der Waals surface area contributed by atoms with Gasteiger partial charge in [-0.15, -0.1) is 11.3 Å². The van der Waals surface area contributed by atoms with Gasteiger partial charge < -0.3 is 5.32 Å². The molecule has 2 aliphatic carbocycles. The quantitative estimate of drug-likeness (QED) is 0.865. The molecule has 2 aliphatic rings. The van der Waals surface area contributed by atoms with Crippen LogP contribution < -0.4 is 5.32 Å². The fourth-order valence-corrected chi connectivity index (χ4v) is 5.83. The van der Waals surface area contributed by atoms with E-state index in [0.29, 0.717) is 6.04 Å². The van der Waals surface area contributed by atoms with Crippen molar-refractivity contribution in [3.05, 3.63) is 20.3 Å². The molecule has 2 fully saturated rings. The molecule has 0 radical (unpaired) electrons. The van der Waals surface area contributed by atoms with E-state index in [-0.39, 0.29) is 0 Å². The molecule has 0 aliphatic heterocycles. The van der Waals surface area contributed by atoms with Crippen LogP contribution in [0, 0.1) is 24.7 Å². The molecule has 1 nitrogen and oxygen atoms in total. The molecule has 0 spiro atoms. The molecule has 1 N–H and O–H groups in total. The monoisotopic (exact) mass is 313 g/mol. The third-order valence-corrected chi connectivity index (χ3v) is 6.36. The molecule has 17 heavy (non-hydrogen) atoms. The van der Waals surface area contributed by atoms with Crippen molar-refractivity contribution >= 4 is 27.3 Å². The van der Waals surface area contributed by atoms with Crippen LogP contribution in [0.2, 0.25) is 0 Å². The molecular formula is C14H20BrNS. The van der Waals surface area contributed by atoms with Crippen molar-refractivity contribution in [1.82, 2.24) is 5.32 Å². The zero-order valence-electron chi connectivity index (χ0n) is 10.5. The molecule has 94 valence electrons. The predicted octanol–water partition coefficient (Wildman–Crippen LogP) is 4.52. The Labute approximate surface area is 116 Å². The smallest absolute Gasteiger partial charge is 0.0704 e. The van der Waals surface area contributed by atoms with Crippen molar-refractivity contribution in [3.63, 3.8) is 0 Å². The number of hydrogen-bond acceptors (Lipinski definition) is 2. The minimum Gasteiger partial charge on any atom is -0.313 e. The van der Waals surface area contributed by atoms with Crippen molar-refractivity contribution in [1.29, 1.82) is 0 Å². The molecule has 1 aromatic heterocycles. The molecule has 4 atom stereocenters. The largest absolute Gasteiger partial charge is 0.313 e. The lowest BCUT2D eigenvalue weighted by molar-refractivity contribution is 0.259. The summed E-state index contributed by atoms with van der Waals surface area (Å²) in [5.74, 6) is 2.89. The number of aryl methyl sites for hydroxylation is 1. The fraction of sp³-hybridized carbons (Fsp3) is 0.714. The summed E-state index contributed by atoms with van der Waals surface area (Å²) >= 11 is 5.49. The molecule has 1 aromatic rings. The molecule has 3 rings (SSSR count). The SMILES string of the molecule is CNC(c1cc(Br)sc1C)C1CC2CCC1C2. The number of nitrogens with one attached hydrogen (secondary N) is 1. The predicted molar refractivity (Wildman–Crippen MR) is 77.5 cm³/mol. The molecule has 0 saturated heterocycles. The third-order valence-electron chi connectivity index (χ3n) is 4.79. The number of hydrogen-bond donors (Lipinski definition) is 1. The molecule has 0 amide bonds. The van der Waals surface area contributed by atoms with Crippen LogP contribution in [0.3, 0.4) is 0 Å². The number of halogens is 1. The van der Waals surface area contributed by atoms with Crippen LogP contribution in [-0.2, 0) is 0 Å².